The molecule has 0 fully saturated rings. The Morgan fingerprint density at radius 1 is 0.643 bits per heavy atom. The molecule has 2 N–H and O–H groups in total. The molecule has 0 aliphatic carbocycles. The molecular weight excluding hydrogens is 538 g/mol. The van der Waals surface area contributed by atoms with Crippen LogP contribution in [0.5, 0.6) is 11.5 Å². The molecule has 42 heavy (non-hydrogen) atoms. The topological polar surface area (TPSA) is 77.1 Å². The number of hydrogen-bond donors (Lipinski definition) is 2. The van der Waals surface area contributed by atoms with Crippen LogP contribution in [0.1, 0.15) is 0 Å². The van der Waals surface area contributed by atoms with E-state index in [9.17, 15) is 8.78 Å². The van der Waals surface area contributed by atoms with Gasteiger partial charge in [-0.1, -0.05) is 12.1 Å². The zero-order chi connectivity index (χ0) is 29.3. The van der Waals surface area contributed by atoms with Gasteiger partial charge in [0, 0.05) is 72.5 Å². The van der Waals surface area contributed by atoms with Crippen molar-refractivity contribution < 1.29 is 18.3 Å². The fraction of sp³-hybridized carbons (Fsp3) is 0.188. The van der Waals surface area contributed by atoms with E-state index >= 15 is 0 Å². The van der Waals surface area contributed by atoms with Crippen LogP contribution < -0.4 is 20.1 Å². The van der Waals surface area contributed by atoms with Crippen LogP contribution in [0.25, 0.3) is 33.8 Å². The number of benzene rings is 2. The lowest BCUT2D eigenvalue weighted by atomic mass is 10.1. The van der Waals surface area contributed by atoms with Crippen molar-refractivity contribution in [2.45, 2.75) is 0 Å². The molecule has 6 aromatic rings. The Bertz CT molecular complexity index is 1750. The minimum atomic E-state index is -0.394. The number of nitrogens with zero attached hydrogens (tertiary/aromatic N) is 4. The molecule has 0 bridgehead atoms. The summed E-state index contributed by atoms with van der Waals surface area (Å²) in [6, 6.07) is 23.2. The Morgan fingerprint density at radius 3 is 1.71 bits per heavy atom. The summed E-state index contributed by atoms with van der Waals surface area (Å²) in [6.07, 6.45) is 7.75. The number of fused-ring (bicyclic) bond motifs is 2. The van der Waals surface area contributed by atoms with Gasteiger partial charge in [0.05, 0.1) is 25.6 Å². The van der Waals surface area contributed by atoms with Gasteiger partial charge in [-0.05, 0) is 48.5 Å². The molecule has 2 aromatic carbocycles. The highest BCUT2D eigenvalue weighted by Gasteiger charge is 2.07. The number of ether oxygens (including phenoxy) is 2. The summed E-state index contributed by atoms with van der Waals surface area (Å²) in [4.78, 5) is 9.20. The second-order valence-electron chi connectivity index (χ2n) is 9.31. The smallest absolute Gasteiger partial charge is 0.139 e. The highest BCUT2D eigenvalue weighted by molar-refractivity contribution is 5.67. The van der Waals surface area contributed by atoms with E-state index in [1.54, 1.807) is 14.2 Å². The quantitative estimate of drug-likeness (QED) is 0.189. The van der Waals surface area contributed by atoms with Crippen molar-refractivity contribution in [1.82, 2.24) is 18.8 Å². The summed E-state index contributed by atoms with van der Waals surface area (Å²) in [5, 5.41) is 6.01. The van der Waals surface area contributed by atoms with Crippen LogP contribution in [0.3, 0.4) is 0 Å². The summed E-state index contributed by atoms with van der Waals surface area (Å²) < 4.78 is 38.7. The molecule has 216 valence electrons. The van der Waals surface area contributed by atoms with E-state index in [0.29, 0.717) is 13.1 Å². The number of imidazole rings is 2. The number of rotatable bonds is 10. The van der Waals surface area contributed by atoms with Crippen molar-refractivity contribution in [1.29, 1.82) is 0 Å². The van der Waals surface area contributed by atoms with Gasteiger partial charge < -0.3 is 28.9 Å². The van der Waals surface area contributed by atoms with Gasteiger partial charge in [0.15, 0.2) is 0 Å². The summed E-state index contributed by atoms with van der Waals surface area (Å²) in [5.41, 5.74) is 7.15. The Labute approximate surface area is 242 Å². The van der Waals surface area contributed by atoms with E-state index in [1.807, 2.05) is 106 Å². The third kappa shape index (κ3) is 6.77. The Hall–Kier alpha value is -5.12. The zero-order valence-corrected chi connectivity index (χ0v) is 23.4. The predicted octanol–water partition coefficient (Wildman–Crippen LogP) is 6.78. The standard InChI is InChI=1S/2C16H16FN3O/c1-21-14-4-2-12(3-5-14)15-11-20-9-6-13(18-8-7-17)10-16(20)19-15;1-21-14-4-2-3-12(9-14)15-11-20-8-5-13(18-7-6-17)10-16(20)19-15/h2-6,9-11,18H,7-8H2,1H3;2-5,8-11,18H,6-7H2,1H3. The fourth-order valence-electron chi connectivity index (χ4n) is 4.39. The molecule has 0 unspecified atom stereocenters. The number of halogens is 2. The molecule has 0 radical (unpaired) electrons. The van der Waals surface area contributed by atoms with E-state index in [4.69, 9.17) is 9.47 Å². The van der Waals surface area contributed by atoms with E-state index in [0.717, 1.165) is 56.7 Å². The molecule has 0 atom stereocenters. The van der Waals surface area contributed by atoms with Crippen molar-refractivity contribution in [2.75, 3.05) is 51.3 Å². The molecule has 8 nitrogen and oxygen atoms in total. The van der Waals surface area contributed by atoms with Gasteiger partial charge in [0.1, 0.15) is 36.1 Å². The van der Waals surface area contributed by atoms with Crippen LogP contribution in [0.15, 0.2) is 97.6 Å². The van der Waals surface area contributed by atoms with Crippen LogP contribution in [0, 0.1) is 0 Å². The van der Waals surface area contributed by atoms with E-state index < -0.39 is 13.3 Å². The maximum Gasteiger partial charge on any atom is 0.139 e. The normalized spacial score (nSPS) is 10.8. The average molecular weight is 571 g/mol. The molecule has 0 saturated carbocycles. The van der Waals surface area contributed by atoms with Crippen molar-refractivity contribution in [3.05, 3.63) is 97.6 Å². The number of pyridine rings is 2. The molecule has 4 aromatic heterocycles. The summed E-state index contributed by atoms with van der Waals surface area (Å²) in [6.45, 7) is -0.173. The summed E-state index contributed by atoms with van der Waals surface area (Å²) in [7, 11) is 3.29. The van der Waals surface area contributed by atoms with Crippen LogP contribution >= 0.6 is 0 Å². The lowest BCUT2D eigenvalue weighted by Gasteiger charge is -2.03. The van der Waals surface area contributed by atoms with Gasteiger partial charge in [0.25, 0.3) is 0 Å². The summed E-state index contributed by atoms with van der Waals surface area (Å²) in [5.74, 6) is 1.62. The first-order valence-corrected chi connectivity index (χ1v) is 13.5. The fourth-order valence-corrected chi connectivity index (χ4v) is 4.39. The van der Waals surface area contributed by atoms with Gasteiger partial charge in [-0.15, -0.1) is 0 Å². The Kier molecular flexibility index (Phi) is 9.13. The Balaban J connectivity index is 0.000000168. The molecule has 0 aliphatic rings. The first kappa shape index (κ1) is 28.4. The number of anilines is 2. The third-order valence-electron chi connectivity index (χ3n) is 6.52. The van der Waals surface area contributed by atoms with Crippen molar-refractivity contribution >= 4 is 22.7 Å². The second-order valence-corrected chi connectivity index (χ2v) is 9.31. The van der Waals surface area contributed by atoms with Gasteiger partial charge in [-0.3, -0.25) is 0 Å². The number of nitrogens with one attached hydrogen (secondary N) is 2. The highest BCUT2D eigenvalue weighted by atomic mass is 19.1. The monoisotopic (exact) mass is 570 g/mol. The number of hydrogen-bond acceptors (Lipinski definition) is 6. The molecule has 0 spiro atoms. The first-order chi connectivity index (χ1) is 20.6. The molecular formula is C32H32F2N6O2. The van der Waals surface area contributed by atoms with Crippen molar-refractivity contribution in [2.24, 2.45) is 0 Å². The van der Waals surface area contributed by atoms with Gasteiger partial charge in [-0.2, -0.15) is 0 Å². The van der Waals surface area contributed by atoms with Crippen LogP contribution in [-0.4, -0.2) is 59.4 Å². The van der Waals surface area contributed by atoms with E-state index in [2.05, 4.69) is 20.6 Å². The molecule has 0 saturated heterocycles. The molecule has 0 amide bonds. The number of aromatic nitrogens is 4. The highest BCUT2D eigenvalue weighted by Crippen LogP contribution is 2.25. The van der Waals surface area contributed by atoms with Crippen molar-refractivity contribution in [3.8, 4) is 34.0 Å². The van der Waals surface area contributed by atoms with Gasteiger partial charge in [0.2, 0.25) is 0 Å². The number of alkyl halides is 2. The molecule has 6 rings (SSSR count). The lowest BCUT2D eigenvalue weighted by Crippen LogP contribution is -2.02. The largest absolute Gasteiger partial charge is 0.497 e. The van der Waals surface area contributed by atoms with Crippen LogP contribution in [0.2, 0.25) is 0 Å². The first-order valence-electron chi connectivity index (χ1n) is 13.5. The minimum absolute atomic E-state index is 0.305. The average Bonchev–Trinajstić information content (AvgIpc) is 3.67. The van der Waals surface area contributed by atoms with Crippen LogP contribution in [-0.2, 0) is 0 Å². The predicted molar refractivity (Wildman–Crippen MR) is 163 cm³/mol. The molecule has 10 heteroatoms. The zero-order valence-electron chi connectivity index (χ0n) is 23.4. The third-order valence-corrected chi connectivity index (χ3v) is 6.52. The SMILES string of the molecule is COc1ccc(-c2cn3ccc(NCCF)cc3n2)cc1.COc1cccc(-c2cn3ccc(NCCF)cc3n2)c1. The summed E-state index contributed by atoms with van der Waals surface area (Å²) >= 11 is 0. The lowest BCUT2D eigenvalue weighted by molar-refractivity contribution is 0.415. The molecule has 0 aliphatic heterocycles. The number of methoxy groups -OCH3 is 2. The maximum absolute atomic E-state index is 12.2. The maximum atomic E-state index is 12.2. The van der Waals surface area contributed by atoms with Gasteiger partial charge >= 0.3 is 0 Å². The van der Waals surface area contributed by atoms with E-state index in [-0.39, 0.29) is 0 Å². The Morgan fingerprint density at radius 2 is 1.19 bits per heavy atom. The second kappa shape index (κ2) is 13.5. The molecule has 4 heterocycles. The van der Waals surface area contributed by atoms with Crippen molar-refractivity contribution in [3.63, 3.8) is 0 Å². The minimum Gasteiger partial charge on any atom is -0.497 e. The van der Waals surface area contributed by atoms with Crippen LogP contribution in [0.4, 0.5) is 20.2 Å². The van der Waals surface area contributed by atoms with Gasteiger partial charge in [-0.25, -0.2) is 18.7 Å². The van der Waals surface area contributed by atoms with E-state index in [1.165, 1.54) is 0 Å².